The third-order valence-electron chi connectivity index (χ3n) is 4.83. The van der Waals surface area contributed by atoms with Gasteiger partial charge in [0.25, 0.3) is 5.56 Å². The topological polar surface area (TPSA) is 94.4 Å². The Labute approximate surface area is 170 Å². The Balaban J connectivity index is 1.39. The number of aromatic nitrogens is 3. The summed E-state index contributed by atoms with van der Waals surface area (Å²) in [6, 6.07) is 14.0. The van der Waals surface area contributed by atoms with Gasteiger partial charge in [-0.05, 0) is 23.8 Å². The zero-order chi connectivity index (χ0) is 20.4. The first-order valence-corrected chi connectivity index (χ1v) is 9.41. The number of hydrogen-bond acceptors (Lipinski definition) is 6. The van der Waals surface area contributed by atoms with Crippen molar-refractivity contribution in [1.82, 2.24) is 19.9 Å². The third kappa shape index (κ3) is 3.97. The van der Waals surface area contributed by atoms with E-state index in [1.54, 1.807) is 35.2 Å². The fourth-order valence-electron chi connectivity index (χ4n) is 3.27. The highest BCUT2D eigenvalue weighted by molar-refractivity contribution is 6.31. The highest BCUT2D eigenvalue weighted by atomic mass is 35.5. The van der Waals surface area contributed by atoms with E-state index in [4.69, 9.17) is 16.3 Å². The van der Waals surface area contributed by atoms with Crippen molar-refractivity contribution in [2.24, 2.45) is 5.92 Å². The molecule has 1 aliphatic rings. The predicted molar refractivity (Wildman–Crippen MR) is 105 cm³/mol. The molecule has 1 aromatic heterocycles. The molecule has 0 unspecified atom stereocenters. The van der Waals surface area contributed by atoms with Crippen molar-refractivity contribution in [2.45, 2.75) is 19.7 Å². The van der Waals surface area contributed by atoms with Crippen molar-refractivity contribution in [1.29, 1.82) is 0 Å². The Hall–Kier alpha value is -3.26. The lowest BCUT2D eigenvalue weighted by atomic mass is 10.1. The minimum absolute atomic E-state index is 0.0571. The largest absolute Gasteiger partial charge is 0.442 e. The van der Waals surface area contributed by atoms with E-state index in [0.29, 0.717) is 22.5 Å². The monoisotopic (exact) mass is 412 g/mol. The maximum absolute atomic E-state index is 12.4. The summed E-state index contributed by atoms with van der Waals surface area (Å²) in [5, 5.41) is 8.69. The highest BCUT2D eigenvalue weighted by Gasteiger charge is 2.35. The molecule has 0 spiro atoms. The van der Waals surface area contributed by atoms with Gasteiger partial charge in [-0.2, -0.15) is 4.68 Å². The molecule has 8 nitrogen and oxygen atoms in total. The van der Waals surface area contributed by atoms with Crippen LogP contribution in [-0.2, 0) is 27.6 Å². The second kappa shape index (κ2) is 8.00. The zero-order valence-electron chi connectivity index (χ0n) is 15.3. The van der Waals surface area contributed by atoms with E-state index in [9.17, 15) is 14.4 Å². The predicted octanol–water partition coefficient (Wildman–Crippen LogP) is 1.99. The maximum Gasteiger partial charge on any atom is 0.313 e. The van der Waals surface area contributed by atoms with E-state index in [0.717, 1.165) is 10.2 Å². The van der Waals surface area contributed by atoms with Crippen molar-refractivity contribution >= 4 is 34.4 Å². The highest BCUT2D eigenvalue weighted by Crippen LogP contribution is 2.24. The van der Waals surface area contributed by atoms with Gasteiger partial charge in [0, 0.05) is 24.5 Å². The summed E-state index contributed by atoms with van der Waals surface area (Å²) in [4.78, 5) is 38.7. The Morgan fingerprint density at radius 1 is 1.14 bits per heavy atom. The van der Waals surface area contributed by atoms with Gasteiger partial charge in [-0.3, -0.25) is 14.4 Å². The fraction of sp³-hybridized carbons (Fsp3) is 0.250. The molecule has 1 saturated heterocycles. The first-order chi connectivity index (χ1) is 14.0. The van der Waals surface area contributed by atoms with E-state index in [1.165, 1.54) is 0 Å². The number of esters is 1. The Morgan fingerprint density at radius 3 is 2.72 bits per heavy atom. The van der Waals surface area contributed by atoms with Gasteiger partial charge >= 0.3 is 5.97 Å². The number of halogens is 1. The molecule has 1 aliphatic heterocycles. The number of carbonyl (C=O) groups excluding carboxylic acids is 2. The average molecular weight is 413 g/mol. The average Bonchev–Trinajstić information content (AvgIpc) is 3.10. The molecule has 1 atom stereocenters. The van der Waals surface area contributed by atoms with Crippen LogP contribution in [0.2, 0.25) is 5.02 Å². The third-order valence-corrected chi connectivity index (χ3v) is 5.19. The Kier molecular flexibility index (Phi) is 5.26. The van der Waals surface area contributed by atoms with Gasteiger partial charge in [-0.15, -0.1) is 5.10 Å². The zero-order valence-corrected chi connectivity index (χ0v) is 16.1. The number of ether oxygens (including phenoxy) is 1. The van der Waals surface area contributed by atoms with Crippen LogP contribution in [0.25, 0.3) is 10.9 Å². The van der Waals surface area contributed by atoms with Crippen molar-refractivity contribution in [3.05, 3.63) is 69.5 Å². The van der Waals surface area contributed by atoms with Gasteiger partial charge in [-0.1, -0.05) is 47.1 Å². The molecule has 0 N–H and O–H groups in total. The van der Waals surface area contributed by atoms with Crippen LogP contribution in [0.4, 0.5) is 0 Å². The van der Waals surface area contributed by atoms with Gasteiger partial charge in [-0.25, -0.2) is 0 Å². The number of hydrogen-bond donors (Lipinski definition) is 0. The molecular formula is C20H17ClN4O4. The number of rotatable bonds is 5. The van der Waals surface area contributed by atoms with Crippen LogP contribution in [0, 0.1) is 5.92 Å². The van der Waals surface area contributed by atoms with E-state index >= 15 is 0 Å². The van der Waals surface area contributed by atoms with Crippen molar-refractivity contribution in [3.63, 3.8) is 0 Å². The summed E-state index contributed by atoms with van der Waals surface area (Å²) in [6.45, 7) is 0.212. The van der Waals surface area contributed by atoms with Crippen LogP contribution >= 0.6 is 11.6 Å². The van der Waals surface area contributed by atoms with Gasteiger partial charge in [0.05, 0.1) is 11.3 Å². The van der Waals surface area contributed by atoms with Crippen LogP contribution < -0.4 is 5.56 Å². The molecule has 0 radical (unpaired) electrons. The van der Waals surface area contributed by atoms with Crippen LogP contribution in [-0.4, -0.2) is 38.3 Å². The lowest BCUT2D eigenvalue weighted by Crippen LogP contribution is -2.29. The number of carbonyl (C=O) groups is 2. The van der Waals surface area contributed by atoms with Crippen LogP contribution in [0.5, 0.6) is 0 Å². The Bertz CT molecular complexity index is 1150. The molecular weight excluding hydrogens is 396 g/mol. The van der Waals surface area contributed by atoms with Crippen LogP contribution in [0.15, 0.2) is 53.3 Å². The van der Waals surface area contributed by atoms with E-state index in [1.807, 2.05) is 18.2 Å². The molecule has 2 aromatic carbocycles. The van der Waals surface area contributed by atoms with Crippen molar-refractivity contribution < 1.29 is 14.3 Å². The number of amides is 1. The normalized spacial score (nSPS) is 16.4. The number of fused-ring (bicyclic) bond motifs is 1. The van der Waals surface area contributed by atoms with Gasteiger partial charge in [0.1, 0.15) is 5.52 Å². The SMILES string of the molecule is O=C(OCn1nnc2ccccc2c1=O)[C@H]1CC(=O)N(Cc2ccccc2Cl)C1. The Morgan fingerprint density at radius 2 is 1.90 bits per heavy atom. The van der Waals surface area contributed by atoms with E-state index < -0.39 is 17.4 Å². The number of nitrogens with zero attached hydrogens (tertiary/aromatic N) is 4. The van der Waals surface area contributed by atoms with Gasteiger partial charge < -0.3 is 9.64 Å². The summed E-state index contributed by atoms with van der Waals surface area (Å²) in [7, 11) is 0. The molecule has 1 fully saturated rings. The summed E-state index contributed by atoms with van der Waals surface area (Å²) < 4.78 is 6.21. The minimum atomic E-state index is -0.603. The molecule has 1 amide bonds. The fourth-order valence-corrected chi connectivity index (χ4v) is 3.46. The molecule has 9 heteroatoms. The molecule has 29 heavy (non-hydrogen) atoms. The quantitative estimate of drug-likeness (QED) is 0.595. The molecule has 2 heterocycles. The summed E-state index contributed by atoms with van der Waals surface area (Å²) >= 11 is 6.15. The molecule has 4 rings (SSSR count). The van der Waals surface area contributed by atoms with Gasteiger partial charge in [0.15, 0.2) is 6.73 Å². The van der Waals surface area contributed by atoms with Gasteiger partial charge in [0.2, 0.25) is 5.91 Å². The molecule has 0 bridgehead atoms. The first kappa shape index (κ1) is 19.1. The van der Waals surface area contributed by atoms with Crippen LogP contribution in [0.1, 0.15) is 12.0 Å². The maximum atomic E-state index is 12.4. The molecule has 148 valence electrons. The molecule has 3 aromatic rings. The minimum Gasteiger partial charge on any atom is -0.442 e. The summed E-state index contributed by atoms with van der Waals surface area (Å²) in [5.41, 5.74) is 0.887. The first-order valence-electron chi connectivity index (χ1n) is 9.03. The van der Waals surface area contributed by atoms with E-state index in [-0.39, 0.29) is 25.6 Å². The second-order valence-electron chi connectivity index (χ2n) is 6.77. The smallest absolute Gasteiger partial charge is 0.313 e. The lowest BCUT2D eigenvalue weighted by Gasteiger charge is -2.17. The molecule has 0 aliphatic carbocycles. The second-order valence-corrected chi connectivity index (χ2v) is 7.18. The lowest BCUT2D eigenvalue weighted by molar-refractivity contribution is -0.152. The van der Waals surface area contributed by atoms with Crippen molar-refractivity contribution in [3.8, 4) is 0 Å². The summed E-state index contributed by atoms with van der Waals surface area (Å²) in [5.74, 6) is -1.30. The molecule has 0 saturated carbocycles. The van der Waals surface area contributed by atoms with E-state index in [2.05, 4.69) is 10.3 Å². The number of benzene rings is 2. The van der Waals surface area contributed by atoms with Crippen molar-refractivity contribution in [2.75, 3.05) is 6.54 Å². The summed E-state index contributed by atoms with van der Waals surface area (Å²) in [6.07, 6.45) is 0.0571. The van der Waals surface area contributed by atoms with Crippen LogP contribution in [0.3, 0.4) is 0 Å². The number of likely N-dealkylation sites (tertiary alicyclic amines) is 1. The standard InChI is InChI=1S/C20H17ClN4O4/c21-16-7-3-1-5-13(16)10-24-11-14(9-18(24)26)20(28)29-12-25-19(27)15-6-2-4-8-17(15)22-23-25/h1-8,14H,9-12H2/t14-/m0/s1.